The van der Waals surface area contributed by atoms with Crippen LogP contribution in [0.5, 0.6) is 0 Å². The van der Waals surface area contributed by atoms with E-state index >= 15 is 0 Å². The summed E-state index contributed by atoms with van der Waals surface area (Å²) in [7, 11) is -1.55. The highest BCUT2D eigenvalue weighted by Gasteiger charge is 2.34. The molecule has 3 rings (SSSR count). The van der Waals surface area contributed by atoms with Crippen LogP contribution >= 0.6 is 0 Å². The summed E-state index contributed by atoms with van der Waals surface area (Å²) >= 11 is 0. The largest absolute Gasteiger partial charge is 0.433 e. The second kappa shape index (κ2) is 6.07. The lowest BCUT2D eigenvalue weighted by Crippen LogP contribution is -2.13. The van der Waals surface area contributed by atoms with E-state index in [1.54, 1.807) is 0 Å². The summed E-state index contributed by atoms with van der Waals surface area (Å²) in [5.74, 6) is -0.261. The molecule has 11 heteroatoms. The smallest absolute Gasteiger partial charge is 0.265 e. The van der Waals surface area contributed by atoms with Gasteiger partial charge in [-0.2, -0.15) is 13.2 Å². The second-order valence-electron chi connectivity index (χ2n) is 4.61. The molecule has 0 aliphatic rings. The Bertz CT molecular complexity index is 896. The van der Waals surface area contributed by atoms with E-state index in [1.165, 1.54) is 30.8 Å². The maximum absolute atomic E-state index is 13.2. The van der Waals surface area contributed by atoms with E-state index in [1.807, 2.05) is 0 Å². The second-order valence-corrected chi connectivity index (χ2v) is 5.88. The minimum Gasteiger partial charge on any atom is -0.265 e. The lowest BCUT2D eigenvalue weighted by Gasteiger charge is -2.11. The SMILES string of the molecule is CS(=O)c1nncn1-c1cc(C(F)(F)F)nc(-c2ccncc2)n1. The fourth-order valence-electron chi connectivity index (χ4n) is 1.91. The Labute approximate surface area is 136 Å². The maximum atomic E-state index is 13.2. The summed E-state index contributed by atoms with van der Waals surface area (Å²) in [6.07, 6.45) is 0.665. The zero-order chi connectivity index (χ0) is 17.3. The molecule has 1 unspecified atom stereocenters. The first kappa shape index (κ1) is 16.2. The average Bonchev–Trinajstić information content (AvgIpc) is 3.04. The van der Waals surface area contributed by atoms with Gasteiger partial charge < -0.3 is 0 Å². The molecule has 0 aliphatic heterocycles. The zero-order valence-corrected chi connectivity index (χ0v) is 12.9. The van der Waals surface area contributed by atoms with E-state index in [9.17, 15) is 17.4 Å². The third kappa shape index (κ3) is 3.15. The van der Waals surface area contributed by atoms with Gasteiger partial charge in [-0.25, -0.2) is 9.97 Å². The molecule has 0 aliphatic carbocycles. The van der Waals surface area contributed by atoms with Gasteiger partial charge in [0.2, 0.25) is 5.16 Å². The molecule has 0 aromatic carbocycles. The Morgan fingerprint density at radius 2 is 1.88 bits per heavy atom. The van der Waals surface area contributed by atoms with Gasteiger partial charge in [-0.3, -0.25) is 13.8 Å². The highest BCUT2D eigenvalue weighted by molar-refractivity contribution is 7.84. The number of alkyl halides is 3. The van der Waals surface area contributed by atoms with Crippen LogP contribution in [0.2, 0.25) is 0 Å². The summed E-state index contributed by atoms with van der Waals surface area (Å²) < 4.78 is 52.3. The molecule has 0 bridgehead atoms. The van der Waals surface area contributed by atoms with Gasteiger partial charge >= 0.3 is 6.18 Å². The number of hydrogen-bond donors (Lipinski definition) is 0. The van der Waals surface area contributed by atoms with Crippen molar-refractivity contribution in [1.29, 1.82) is 0 Å². The first-order valence-electron chi connectivity index (χ1n) is 6.47. The Balaban J connectivity index is 2.23. The van der Waals surface area contributed by atoms with Crippen molar-refractivity contribution in [3.63, 3.8) is 0 Å². The average molecular weight is 354 g/mol. The van der Waals surface area contributed by atoms with Crippen molar-refractivity contribution in [1.82, 2.24) is 29.7 Å². The molecule has 124 valence electrons. The van der Waals surface area contributed by atoms with Crippen LogP contribution in [0.3, 0.4) is 0 Å². The van der Waals surface area contributed by atoms with Crippen molar-refractivity contribution in [2.45, 2.75) is 11.3 Å². The van der Waals surface area contributed by atoms with Gasteiger partial charge in [0.1, 0.15) is 12.1 Å². The summed E-state index contributed by atoms with van der Waals surface area (Å²) in [5.41, 5.74) is -0.759. The van der Waals surface area contributed by atoms with E-state index < -0.39 is 22.7 Å². The number of hydrogen-bond acceptors (Lipinski definition) is 6. The lowest BCUT2D eigenvalue weighted by molar-refractivity contribution is -0.141. The van der Waals surface area contributed by atoms with Crippen LogP contribution in [-0.2, 0) is 17.0 Å². The van der Waals surface area contributed by atoms with Crippen molar-refractivity contribution >= 4 is 10.8 Å². The Hall–Kier alpha value is -2.69. The lowest BCUT2D eigenvalue weighted by atomic mass is 10.2. The van der Waals surface area contributed by atoms with Crippen LogP contribution in [-0.4, -0.2) is 40.2 Å². The van der Waals surface area contributed by atoms with E-state index in [4.69, 9.17) is 0 Å². The Morgan fingerprint density at radius 1 is 1.17 bits per heavy atom. The zero-order valence-electron chi connectivity index (χ0n) is 12.1. The van der Waals surface area contributed by atoms with E-state index in [0.717, 1.165) is 17.0 Å². The first-order chi connectivity index (χ1) is 11.4. The van der Waals surface area contributed by atoms with Crippen LogP contribution in [0.1, 0.15) is 5.69 Å². The van der Waals surface area contributed by atoms with E-state index in [2.05, 4.69) is 25.1 Å². The molecule has 0 radical (unpaired) electrons. The molecule has 0 fully saturated rings. The third-order valence-electron chi connectivity index (χ3n) is 2.96. The maximum Gasteiger partial charge on any atom is 0.433 e. The number of aromatic nitrogens is 6. The summed E-state index contributed by atoms with van der Waals surface area (Å²) in [6, 6.07) is 3.74. The minimum atomic E-state index is -4.67. The highest BCUT2D eigenvalue weighted by Crippen LogP contribution is 2.30. The van der Waals surface area contributed by atoms with Gasteiger partial charge in [0.05, 0.1) is 10.8 Å². The van der Waals surface area contributed by atoms with Crippen molar-refractivity contribution in [3.8, 4) is 17.2 Å². The molecule has 0 spiro atoms. The third-order valence-corrected chi connectivity index (χ3v) is 3.75. The fraction of sp³-hybridized carbons (Fsp3) is 0.154. The van der Waals surface area contributed by atoms with E-state index in [0.29, 0.717) is 5.56 Å². The molecule has 3 aromatic rings. The van der Waals surface area contributed by atoms with Crippen LogP contribution in [0, 0.1) is 0 Å². The summed E-state index contributed by atoms with van der Waals surface area (Å²) in [5, 5.41) is 7.22. The van der Waals surface area contributed by atoms with Gasteiger partial charge in [-0.05, 0) is 12.1 Å². The van der Waals surface area contributed by atoms with Crippen LogP contribution in [0.15, 0.2) is 42.1 Å². The van der Waals surface area contributed by atoms with Gasteiger partial charge in [0.25, 0.3) is 0 Å². The van der Waals surface area contributed by atoms with Crippen molar-refractivity contribution in [2.75, 3.05) is 6.26 Å². The van der Waals surface area contributed by atoms with Crippen molar-refractivity contribution < 1.29 is 17.4 Å². The van der Waals surface area contributed by atoms with Crippen LogP contribution in [0.25, 0.3) is 17.2 Å². The monoisotopic (exact) mass is 354 g/mol. The standard InChI is InChI=1S/C13H9F3N6OS/c1-24(23)12-21-18-7-22(12)10-6-9(13(14,15)16)19-11(20-10)8-2-4-17-5-3-8/h2-7H,1H3. The topological polar surface area (TPSA) is 86.5 Å². The van der Waals surface area contributed by atoms with Gasteiger partial charge in [-0.1, -0.05) is 0 Å². The van der Waals surface area contributed by atoms with Crippen LogP contribution in [0.4, 0.5) is 13.2 Å². The van der Waals surface area contributed by atoms with Gasteiger partial charge in [-0.15, -0.1) is 10.2 Å². The Kier molecular flexibility index (Phi) is 4.09. The van der Waals surface area contributed by atoms with Crippen LogP contribution < -0.4 is 0 Å². The molecular weight excluding hydrogens is 345 g/mol. The fourth-order valence-corrected chi connectivity index (χ4v) is 2.49. The van der Waals surface area contributed by atoms with Crippen molar-refractivity contribution in [3.05, 3.63) is 42.6 Å². The van der Waals surface area contributed by atoms with Gasteiger partial charge in [0, 0.05) is 30.3 Å². The van der Waals surface area contributed by atoms with Gasteiger partial charge in [0.15, 0.2) is 11.5 Å². The quantitative estimate of drug-likeness (QED) is 0.714. The molecule has 0 saturated heterocycles. The summed E-state index contributed by atoms with van der Waals surface area (Å²) in [4.78, 5) is 11.5. The first-order valence-corrected chi connectivity index (χ1v) is 8.02. The molecule has 24 heavy (non-hydrogen) atoms. The molecule has 0 N–H and O–H groups in total. The molecule has 3 aromatic heterocycles. The minimum absolute atomic E-state index is 0.0116. The molecular formula is C13H9F3N6OS. The predicted octanol–water partition coefficient (Wildman–Crippen LogP) is 1.88. The van der Waals surface area contributed by atoms with Crippen molar-refractivity contribution in [2.24, 2.45) is 0 Å². The molecule has 1 atom stereocenters. The number of pyridine rings is 1. The summed E-state index contributed by atoms with van der Waals surface area (Å²) in [6.45, 7) is 0. The highest BCUT2D eigenvalue weighted by atomic mass is 32.2. The molecule has 0 amide bonds. The number of nitrogens with zero attached hydrogens (tertiary/aromatic N) is 6. The normalized spacial score (nSPS) is 13.0. The predicted molar refractivity (Wildman–Crippen MR) is 77.5 cm³/mol. The Morgan fingerprint density at radius 3 is 2.50 bits per heavy atom. The molecule has 3 heterocycles. The number of halogens is 3. The number of rotatable bonds is 3. The van der Waals surface area contributed by atoms with E-state index in [-0.39, 0.29) is 16.8 Å². The molecule has 7 nitrogen and oxygen atoms in total. The molecule has 0 saturated carbocycles.